The second-order valence-corrected chi connectivity index (χ2v) is 7.20. The first-order valence-electron chi connectivity index (χ1n) is 8.98. The van der Waals surface area contributed by atoms with Gasteiger partial charge in [-0.05, 0) is 63.6 Å². The topological polar surface area (TPSA) is 59.0 Å². The van der Waals surface area contributed by atoms with Crippen LogP contribution in [0.5, 0.6) is 0 Å². The molecule has 1 saturated carbocycles. The summed E-state index contributed by atoms with van der Waals surface area (Å²) < 4.78 is 40.0. The summed E-state index contributed by atoms with van der Waals surface area (Å²) >= 11 is 0. The Hall–Kier alpha value is -1.57. The second-order valence-electron chi connectivity index (χ2n) is 7.20. The Morgan fingerprint density at radius 1 is 1.24 bits per heavy atom. The Labute approximate surface area is 145 Å². The van der Waals surface area contributed by atoms with E-state index in [1.54, 1.807) is 23.1 Å². The third kappa shape index (κ3) is 3.99. The van der Waals surface area contributed by atoms with Crippen molar-refractivity contribution in [3.05, 3.63) is 18.5 Å². The smallest absolute Gasteiger partial charge is 0.354 e. The number of rotatable bonds is 4. The summed E-state index contributed by atoms with van der Waals surface area (Å²) in [5.41, 5.74) is -0.697. The molecule has 2 N–H and O–H groups in total. The third-order valence-corrected chi connectivity index (χ3v) is 5.66. The fraction of sp³-hybridized carbons (Fsp3) is 0.765. The van der Waals surface area contributed by atoms with Gasteiger partial charge in [-0.1, -0.05) is 0 Å². The molecule has 1 aromatic rings. The van der Waals surface area contributed by atoms with E-state index in [1.165, 1.54) is 0 Å². The van der Waals surface area contributed by atoms with Crippen molar-refractivity contribution >= 4 is 5.91 Å². The summed E-state index contributed by atoms with van der Waals surface area (Å²) in [4.78, 5) is 12.9. The summed E-state index contributed by atoms with van der Waals surface area (Å²) in [5.74, 6) is -1.13. The maximum atomic E-state index is 12.9. The lowest BCUT2D eigenvalue weighted by molar-refractivity contribution is -0.183. The Morgan fingerprint density at radius 3 is 2.48 bits per heavy atom. The molecule has 8 heteroatoms. The van der Waals surface area contributed by atoms with Crippen molar-refractivity contribution in [1.29, 1.82) is 0 Å². The molecule has 2 heterocycles. The molecule has 3 rings (SSSR count). The molecular weight excluding hydrogens is 333 g/mol. The minimum absolute atomic E-state index is 0.0735. The largest absolute Gasteiger partial charge is 0.391 e. The molecule has 140 valence electrons. The number of halogens is 3. The van der Waals surface area contributed by atoms with Crippen LogP contribution in [0.3, 0.4) is 0 Å². The van der Waals surface area contributed by atoms with Gasteiger partial charge in [0.15, 0.2) is 0 Å². The van der Waals surface area contributed by atoms with Gasteiger partial charge in [-0.15, -0.1) is 0 Å². The zero-order valence-corrected chi connectivity index (χ0v) is 14.2. The SMILES string of the molecule is O=C(NCC1CCC(C(F)(F)F)CC1)C1(n2cccn2)CCNCC1. The highest BCUT2D eigenvalue weighted by atomic mass is 19.4. The molecule has 2 fully saturated rings. The van der Waals surface area contributed by atoms with E-state index in [-0.39, 0.29) is 24.7 Å². The van der Waals surface area contributed by atoms with Gasteiger partial charge in [-0.25, -0.2) is 0 Å². The molecule has 0 atom stereocenters. The number of amides is 1. The average molecular weight is 358 g/mol. The van der Waals surface area contributed by atoms with Crippen molar-refractivity contribution in [2.45, 2.75) is 50.2 Å². The fourth-order valence-corrected chi connectivity index (χ4v) is 4.02. The lowest BCUT2D eigenvalue weighted by Gasteiger charge is -2.37. The van der Waals surface area contributed by atoms with Gasteiger partial charge >= 0.3 is 6.18 Å². The van der Waals surface area contributed by atoms with Gasteiger partial charge in [-0.2, -0.15) is 18.3 Å². The number of piperidine rings is 1. The first-order chi connectivity index (χ1) is 11.9. The Bertz CT molecular complexity index is 559. The van der Waals surface area contributed by atoms with Crippen molar-refractivity contribution in [2.24, 2.45) is 11.8 Å². The highest BCUT2D eigenvalue weighted by molar-refractivity contribution is 5.84. The van der Waals surface area contributed by atoms with Gasteiger partial charge in [0, 0.05) is 18.9 Å². The number of aromatic nitrogens is 2. The minimum Gasteiger partial charge on any atom is -0.354 e. The van der Waals surface area contributed by atoms with Gasteiger partial charge < -0.3 is 10.6 Å². The van der Waals surface area contributed by atoms with E-state index in [2.05, 4.69) is 15.7 Å². The van der Waals surface area contributed by atoms with Crippen molar-refractivity contribution in [3.63, 3.8) is 0 Å². The van der Waals surface area contributed by atoms with Crippen LogP contribution in [0, 0.1) is 11.8 Å². The molecule has 0 aromatic carbocycles. The van der Waals surface area contributed by atoms with E-state index in [0.717, 1.165) is 13.1 Å². The number of carbonyl (C=O) groups excluding carboxylic acids is 1. The van der Waals surface area contributed by atoms with Gasteiger partial charge in [0.2, 0.25) is 5.91 Å². The van der Waals surface area contributed by atoms with Crippen LogP contribution in [0.25, 0.3) is 0 Å². The Morgan fingerprint density at radius 2 is 1.92 bits per heavy atom. The molecule has 25 heavy (non-hydrogen) atoms. The molecule has 0 spiro atoms. The summed E-state index contributed by atoms with van der Waals surface area (Å²) in [6, 6.07) is 1.80. The lowest BCUT2D eigenvalue weighted by atomic mass is 9.81. The van der Waals surface area contributed by atoms with Crippen LogP contribution in [0.2, 0.25) is 0 Å². The number of hydrogen-bond donors (Lipinski definition) is 2. The van der Waals surface area contributed by atoms with Crippen LogP contribution in [-0.4, -0.2) is 41.5 Å². The first kappa shape index (κ1) is 18.2. The van der Waals surface area contributed by atoms with E-state index < -0.39 is 17.6 Å². The zero-order chi connectivity index (χ0) is 17.9. The third-order valence-electron chi connectivity index (χ3n) is 5.66. The van der Waals surface area contributed by atoms with Crippen molar-refractivity contribution in [1.82, 2.24) is 20.4 Å². The first-order valence-corrected chi connectivity index (χ1v) is 8.98. The van der Waals surface area contributed by atoms with Crippen LogP contribution < -0.4 is 10.6 Å². The summed E-state index contributed by atoms with van der Waals surface area (Å²) in [6.07, 6.45) is 2.04. The maximum Gasteiger partial charge on any atom is 0.391 e. The average Bonchev–Trinajstić information content (AvgIpc) is 3.15. The van der Waals surface area contributed by atoms with Crippen LogP contribution in [-0.2, 0) is 10.3 Å². The molecule has 1 aliphatic carbocycles. The van der Waals surface area contributed by atoms with Crippen LogP contribution >= 0.6 is 0 Å². The van der Waals surface area contributed by atoms with E-state index in [9.17, 15) is 18.0 Å². The standard InChI is InChI=1S/C17H25F3N4O/c18-17(19,20)14-4-2-13(3-5-14)12-22-15(25)16(6-9-21-10-7-16)24-11-1-8-23-24/h1,8,11,13-14,21H,2-7,9-10,12H2,(H,22,25). The number of nitrogens with zero attached hydrogens (tertiary/aromatic N) is 2. The van der Waals surface area contributed by atoms with E-state index in [1.807, 2.05) is 0 Å². The Kier molecular flexibility index (Phi) is 5.36. The van der Waals surface area contributed by atoms with Gasteiger partial charge in [0.25, 0.3) is 0 Å². The molecule has 1 aromatic heterocycles. The van der Waals surface area contributed by atoms with Crippen LogP contribution in [0.1, 0.15) is 38.5 Å². The summed E-state index contributed by atoms with van der Waals surface area (Å²) in [6.45, 7) is 1.92. The number of hydrogen-bond acceptors (Lipinski definition) is 3. The zero-order valence-electron chi connectivity index (χ0n) is 14.2. The minimum atomic E-state index is -4.09. The van der Waals surface area contributed by atoms with Crippen LogP contribution in [0.4, 0.5) is 13.2 Å². The molecule has 0 radical (unpaired) electrons. The predicted octanol–water partition coefficient (Wildman–Crippen LogP) is 2.45. The highest BCUT2D eigenvalue weighted by Crippen LogP contribution is 2.39. The van der Waals surface area contributed by atoms with Crippen molar-refractivity contribution in [3.8, 4) is 0 Å². The van der Waals surface area contributed by atoms with E-state index in [4.69, 9.17) is 0 Å². The van der Waals surface area contributed by atoms with Gasteiger partial charge in [0.05, 0.1) is 5.92 Å². The van der Waals surface area contributed by atoms with Gasteiger partial charge in [0.1, 0.15) is 5.54 Å². The molecule has 1 saturated heterocycles. The fourth-order valence-electron chi connectivity index (χ4n) is 4.02. The quantitative estimate of drug-likeness (QED) is 0.869. The molecule has 0 unspecified atom stereocenters. The monoisotopic (exact) mass is 358 g/mol. The molecule has 1 amide bonds. The molecule has 0 bridgehead atoms. The van der Waals surface area contributed by atoms with Crippen molar-refractivity contribution < 1.29 is 18.0 Å². The highest BCUT2D eigenvalue weighted by Gasteiger charge is 2.43. The maximum absolute atomic E-state index is 12.9. The van der Waals surface area contributed by atoms with Crippen LogP contribution in [0.15, 0.2) is 18.5 Å². The molecule has 5 nitrogen and oxygen atoms in total. The van der Waals surface area contributed by atoms with E-state index in [0.29, 0.717) is 32.2 Å². The lowest BCUT2D eigenvalue weighted by Crippen LogP contribution is -2.55. The van der Waals surface area contributed by atoms with E-state index >= 15 is 0 Å². The number of nitrogens with one attached hydrogen (secondary N) is 2. The normalized spacial score (nSPS) is 27.0. The molecule has 1 aliphatic heterocycles. The number of alkyl halides is 3. The predicted molar refractivity (Wildman–Crippen MR) is 86.8 cm³/mol. The van der Waals surface area contributed by atoms with Gasteiger partial charge in [-0.3, -0.25) is 9.48 Å². The van der Waals surface area contributed by atoms with Crippen molar-refractivity contribution in [2.75, 3.05) is 19.6 Å². The molecular formula is C17H25F3N4O. The second kappa shape index (κ2) is 7.35. The molecule has 2 aliphatic rings. The summed E-state index contributed by atoms with van der Waals surface area (Å²) in [5, 5.41) is 10.5. The Balaban J connectivity index is 1.56. The number of carbonyl (C=O) groups is 1. The summed E-state index contributed by atoms with van der Waals surface area (Å²) in [7, 11) is 0.